The monoisotopic (exact) mass is 219 g/mol. The van der Waals surface area contributed by atoms with E-state index in [2.05, 4.69) is 20.8 Å². The van der Waals surface area contributed by atoms with E-state index in [1.807, 2.05) is 36.3 Å². The van der Waals surface area contributed by atoms with Crippen LogP contribution in [-0.2, 0) is 0 Å². The number of aromatic nitrogens is 2. The summed E-state index contributed by atoms with van der Waals surface area (Å²) < 4.78 is 2.10. The predicted molar refractivity (Wildman–Crippen MR) is 64.5 cm³/mol. The Morgan fingerprint density at radius 2 is 2.47 bits per heavy atom. The standard InChI is InChI=1S/C11H13N3S/c1-2-10-12-5-6-14(10)11(3-1)13-9-4-7-15-8-9/h1-3,5-6,9,13H,4,7-8H2. The molecule has 3 nitrogen and oxygen atoms in total. The van der Waals surface area contributed by atoms with Crippen LogP contribution in [0.4, 0.5) is 5.82 Å². The number of hydrogen-bond acceptors (Lipinski definition) is 3. The summed E-state index contributed by atoms with van der Waals surface area (Å²) in [6.07, 6.45) is 5.10. The van der Waals surface area contributed by atoms with Crippen molar-refractivity contribution in [2.45, 2.75) is 12.5 Å². The Kier molecular flexibility index (Phi) is 2.29. The van der Waals surface area contributed by atoms with Crippen LogP contribution >= 0.6 is 11.8 Å². The van der Waals surface area contributed by atoms with Gasteiger partial charge < -0.3 is 5.32 Å². The molecule has 1 aliphatic rings. The van der Waals surface area contributed by atoms with Crippen molar-refractivity contribution < 1.29 is 0 Å². The van der Waals surface area contributed by atoms with Crippen LogP contribution in [0.2, 0.25) is 0 Å². The molecule has 0 bridgehead atoms. The molecule has 3 rings (SSSR count). The van der Waals surface area contributed by atoms with Crippen molar-refractivity contribution in [2.24, 2.45) is 0 Å². The van der Waals surface area contributed by atoms with Crippen LogP contribution in [0.1, 0.15) is 6.42 Å². The van der Waals surface area contributed by atoms with Gasteiger partial charge in [0.15, 0.2) is 0 Å². The number of anilines is 1. The van der Waals surface area contributed by atoms with Crippen LogP contribution in [0.5, 0.6) is 0 Å². The first-order valence-electron chi connectivity index (χ1n) is 5.20. The molecule has 15 heavy (non-hydrogen) atoms. The van der Waals surface area contributed by atoms with Gasteiger partial charge in [0.25, 0.3) is 0 Å². The molecule has 2 aromatic rings. The van der Waals surface area contributed by atoms with Gasteiger partial charge in [-0.05, 0) is 24.3 Å². The van der Waals surface area contributed by atoms with Gasteiger partial charge in [-0.3, -0.25) is 4.40 Å². The number of hydrogen-bond donors (Lipinski definition) is 1. The SMILES string of the molecule is c1cc(NC2CCSC2)n2ccnc2c1. The van der Waals surface area contributed by atoms with Crippen LogP contribution in [0.25, 0.3) is 5.65 Å². The quantitative estimate of drug-likeness (QED) is 0.840. The van der Waals surface area contributed by atoms with Gasteiger partial charge in [0.2, 0.25) is 0 Å². The molecule has 0 aliphatic carbocycles. The third-order valence-corrected chi connectivity index (χ3v) is 3.87. The zero-order valence-electron chi connectivity index (χ0n) is 8.39. The van der Waals surface area contributed by atoms with Gasteiger partial charge in [-0.2, -0.15) is 11.8 Å². The minimum atomic E-state index is 0.614. The van der Waals surface area contributed by atoms with Gasteiger partial charge in [0.05, 0.1) is 0 Å². The molecule has 1 atom stereocenters. The number of nitrogens with zero attached hydrogens (tertiary/aromatic N) is 2. The fourth-order valence-electron chi connectivity index (χ4n) is 1.92. The second-order valence-corrected chi connectivity index (χ2v) is 4.92. The van der Waals surface area contributed by atoms with Crippen LogP contribution in [-0.4, -0.2) is 26.9 Å². The van der Waals surface area contributed by atoms with Crippen LogP contribution in [0, 0.1) is 0 Å². The maximum atomic E-state index is 4.27. The lowest BCUT2D eigenvalue weighted by Crippen LogP contribution is -2.19. The fourth-order valence-corrected chi connectivity index (χ4v) is 3.08. The van der Waals surface area contributed by atoms with E-state index in [1.165, 1.54) is 17.9 Å². The van der Waals surface area contributed by atoms with Crippen molar-refractivity contribution in [3.05, 3.63) is 30.6 Å². The van der Waals surface area contributed by atoms with Gasteiger partial charge in [-0.1, -0.05) is 6.07 Å². The lowest BCUT2D eigenvalue weighted by molar-refractivity contribution is 0.803. The lowest BCUT2D eigenvalue weighted by Gasteiger charge is -2.14. The average Bonchev–Trinajstić information content (AvgIpc) is 2.87. The summed E-state index contributed by atoms with van der Waals surface area (Å²) in [7, 11) is 0. The van der Waals surface area contributed by atoms with Crippen molar-refractivity contribution in [1.29, 1.82) is 0 Å². The van der Waals surface area contributed by atoms with E-state index in [-0.39, 0.29) is 0 Å². The number of rotatable bonds is 2. The van der Waals surface area contributed by atoms with Crippen molar-refractivity contribution >= 4 is 23.2 Å². The van der Waals surface area contributed by atoms with Crippen molar-refractivity contribution in [3.63, 3.8) is 0 Å². The van der Waals surface area contributed by atoms with E-state index in [0.29, 0.717) is 6.04 Å². The van der Waals surface area contributed by atoms with Crippen molar-refractivity contribution in [2.75, 3.05) is 16.8 Å². The summed E-state index contributed by atoms with van der Waals surface area (Å²) in [4.78, 5) is 4.27. The van der Waals surface area contributed by atoms with E-state index in [9.17, 15) is 0 Å². The smallest absolute Gasteiger partial charge is 0.138 e. The molecule has 0 spiro atoms. The molecule has 0 saturated carbocycles. The number of fused-ring (bicyclic) bond motifs is 1. The number of thioether (sulfide) groups is 1. The Bertz CT molecular complexity index is 460. The molecule has 0 radical (unpaired) electrons. The highest BCUT2D eigenvalue weighted by Gasteiger charge is 2.15. The Hall–Kier alpha value is -1.16. The molecule has 0 aromatic carbocycles. The second-order valence-electron chi connectivity index (χ2n) is 3.77. The topological polar surface area (TPSA) is 29.3 Å². The highest BCUT2D eigenvalue weighted by molar-refractivity contribution is 7.99. The normalized spacial score (nSPS) is 20.9. The molecule has 3 heterocycles. The fraction of sp³-hybridized carbons (Fsp3) is 0.364. The molecule has 4 heteroatoms. The Morgan fingerprint density at radius 1 is 1.47 bits per heavy atom. The Balaban J connectivity index is 1.92. The summed E-state index contributed by atoms with van der Waals surface area (Å²) in [6.45, 7) is 0. The summed E-state index contributed by atoms with van der Waals surface area (Å²) in [5.74, 6) is 3.64. The first-order chi connectivity index (χ1) is 7.43. The zero-order chi connectivity index (χ0) is 10.1. The lowest BCUT2D eigenvalue weighted by atomic mass is 10.2. The molecule has 0 amide bonds. The molecular weight excluding hydrogens is 206 g/mol. The summed E-state index contributed by atoms with van der Waals surface area (Å²) in [5.41, 5.74) is 1.01. The first-order valence-corrected chi connectivity index (χ1v) is 6.35. The maximum Gasteiger partial charge on any atom is 0.138 e. The summed E-state index contributed by atoms with van der Waals surface area (Å²) >= 11 is 2.02. The maximum absolute atomic E-state index is 4.27. The molecule has 78 valence electrons. The molecule has 1 unspecified atom stereocenters. The number of pyridine rings is 1. The zero-order valence-corrected chi connectivity index (χ0v) is 9.20. The third-order valence-electron chi connectivity index (χ3n) is 2.71. The van der Waals surface area contributed by atoms with E-state index >= 15 is 0 Å². The second kappa shape index (κ2) is 3.77. The predicted octanol–water partition coefficient (Wildman–Crippen LogP) is 2.25. The molecule has 1 aliphatic heterocycles. The van der Waals surface area contributed by atoms with Gasteiger partial charge in [0, 0.05) is 24.2 Å². The highest BCUT2D eigenvalue weighted by Crippen LogP contribution is 2.21. The molecular formula is C11H13N3S. The van der Waals surface area contributed by atoms with Crippen molar-refractivity contribution in [1.82, 2.24) is 9.38 Å². The van der Waals surface area contributed by atoms with E-state index < -0.39 is 0 Å². The molecule has 1 N–H and O–H groups in total. The number of imidazole rings is 1. The van der Waals surface area contributed by atoms with E-state index in [0.717, 1.165) is 11.5 Å². The first kappa shape index (κ1) is 9.09. The van der Waals surface area contributed by atoms with Gasteiger partial charge in [-0.25, -0.2) is 4.98 Å². The van der Waals surface area contributed by atoms with Gasteiger partial charge in [0.1, 0.15) is 11.5 Å². The third kappa shape index (κ3) is 1.69. The van der Waals surface area contributed by atoms with Crippen LogP contribution < -0.4 is 5.32 Å². The minimum absolute atomic E-state index is 0.614. The minimum Gasteiger partial charge on any atom is -0.368 e. The average molecular weight is 219 g/mol. The van der Waals surface area contributed by atoms with Crippen LogP contribution in [0.15, 0.2) is 30.6 Å². The Morgan fingerprint density at radius 3 is 3.33 bits per heavy atom. The largest absolute Gasteiger partial charge is 0.368 e. The summed E-state index contributed by atoms with van der Waals surface area (Å²) in [6, 6.07) is 6.79. The Labute approximate surface area is 92.9 Å². The molecule has 1 fully saturated rings. The van der Waals surface area contributed by atoms with E-state index in [1.54, 1.807) is 0 Å². The summed E-state index contributed by atoms with van der Waals surface area (Å²) in [5, 5.41) is 3.57. The number of nitrogens with one attached hydrogen (secondary N) is 1. The van der Waals surface area contributed by atoms with Gasteiger partial charge >= 0.3 is 0 Å². The van der Waals surface area contributed by atoms with E-state index in [4.69, 9.17) is 0 Å². The molecule has 1 saturated heterocycles. The van der Waals surface area contributed by atoms with Gasteiger partial charge in [-0.15, -0.1) is 0 Å². The molecule has 2 aromatic heterocycles. The van der Waals surface area contributed by atoms with Crippen LogP contribution in [0.3, 0.4) is 0 Å². The highest BCUT2D eigenvalue weighted by atomic mass is 32.2. The van der Waals surface area contributed by atoms with Crippen molar-refractivity contribution in [3.8, 4) is 0 Å².